The second-order valence-corrected chi connectivity index (χ2v) is 5.28. The Labute approximate surface area is 132 Å². The second kappa shape index (κ2) is 6.63. The first-order chi connectivity index (χ1) is 10.5. The molecule has 0 atom stereocenters. The van der Waals surface area contributed by atoms with Crippen molar-refractivity contribution in [1.29, 1.82) is 5.26 Å². The largest absolute Gasteiger partial charge is 0.487 e. The lowest BCUT2D eigenvalue weighted by atomic mass is 10.1. The van der Waals surface area contributed by atoms with Crippen LogP contribution in [0.4, 0.5) is 11.4 Å². The van der Waals surface area contributed by atoms with Crippen LogP contribution in [0.2, 0.25) is 5.02 Å². The number of nitrogens with one attached hydrogen (secondary N) is 1. The first-order valence-electron chi connectivity index (χ1n) is 6.93. The molecule has 0 aliphatic rings. The van der Waals surface area contributed by atoms with Crippen LogP contribution in [0.5, 0.6) is 5.75 Å². The van der Waals surface area contributed by atoms with Crippen molar-refractivity contribution in [2.45, 2.75) is 26.7 Å². The molecule has 0 radical (unpaired) electrons. The Morgan fingerprint density at radius 3 is 2.68 bits per heavy atom. The highest BCUT2D eigenvalue weighted by atomic mass is 35.5. The Hall–Kier alpha value is -2.32. The van der Waals surface area contributed by atoms with E-state index in [4.69, 9.17) is 21.6 Å². The normalized spacial score (nSPS) is 10.5. The maximum atomic E-state index is 11.7. The minimum Gasteiger partial charge on any atom is -0.487 e. The molecule has 6 heteroatoms. The lowest BCUT2D eigenvalue weighted by Gasteiger charge is -2.15. The number of ether oxygens (including phenoxy) is 1. The van der Waals surface area contributed by atoms with Crippen LogP contribution < -0.4 is 20.9 Å². The van der Waals surface area contributed by atoms with E-state index in [0.717, 1.165) is 12.8 Å². The van der Waals surface area contributed by atoms with E-state index in [9.17, 15) is 9.59 Å². The molecule has 5 nitrogen and oxygen atoms in total. The van der Waals surface area contributed by atoms with Crippen molar-refractivity contribution < 1.29 is 4.74 Å². The molecule has 2 aromatic rings. The Bertz CT molecular complexity index is 814. The summed E-state index contributed by atoms with van der Waals surface area (Å²) >= 11 is 6.19. The van der Waals surface area contributed by atoms with Crippen LogP contribution in [0.25, 0.3) is 0 Å². The van der Waals surface area contributed by atoms with Gasteiger partial charge in [0.2, 0.25) is 0 Å². The monoisotopic (exact) mass is 318 g/mol. The van der Waals surface area contributed by atoms with Gasteiger partial charge in [0.25, 0.3) is 10.9 Å². The molecule has 0 saturated carbocycles. The summed E-state index contributed by atoms with van der Waals surface area (Å²) in [6, 6.07) is 5.24. The van der Waals surface area contributed by atoms with Gasteiger partial charge >= 0.3 is 0 Å². The topological polar surface area (TPSA) is 79.2 Å². The van der Waals surface area contributed by atoms with Gasteiger partial charge in [-0.2, -0.15) is 5.26 Å². The number of anilines is 2. The zero-order valence-corrected chi connectivity index (χ0v) is 13.1. The Morgan fingerprint density at radius 1 is 1.32 bits per heavy atom. The number of halogens is 1. The van der Waals surface area contributed by atoms with Crippen LogP contribution in [-0.4, -0.2) is 6.61 Å². The van der Waals surface area contributed by atoms with Gasteiger partial charge in [0.1, 0.15) is 5.69 Å². The lowest BCUT2D eigenvalue weighted by Crippen LogP contribution is -2.35. The molecule has 1 N–H and O–H groups in total. The molecule has 0 unspecified atom stereocenters. The maximum absolute atomic E-state index is 11.7. The number of rotatable bonds is 6. The molecule has 0 spiro atoms. The van der Waals surface area contributed by atoms with E-state index in [2.05, 4.69) is 5.32 Å². The second-order valence-electron chi connectivity index (χ2n) is 4.90. The summed E-state index contributed by atoms with van der Waals surface area (Å²) in [5.41, 5.74) is 0.406. The molecule has 2 rings (SSSR count). The smallest absolute Gasteiger partial charge is 0.272 e. The summed E-state index contributed by atoms with van der Waals surface area (Å²) in [4.78, 5) is 23.2. The number of hydrogen-bond acceptors (Lipinski definition) is 5. The fourth-order valence-corrected chi connectivity index (χ4v) is 2.19. The van der Waals surface area contributed by atoms with Crippen molar-refractivity contribution in [3.05, 3.63) is 48.7 Å². The highest BCUT2D eigenvalue weighted by Gasteiger charge is 2.23. The molecule has 114 valence electrons. The van der Waals surface area contributed by atoms with Crippen LogP contribution in [0.3, 0.4) is 0 Å². The van der Waals surface area contributed by atoms with Gasteiger partial charge in [0.15, 0.2) is 5.75 Å². The third-order valence-electron chi connectivity index (χ3n) is 3.38. The first kappa shape index (κ1) is 16.1. The van der Waals surface area contributed by atoms with Gasteiger partial charge < -0.3 is 10.1 Å². The van der Waals surface area contributed by atoms with E-state index in [1.165, 1.54) is 0 Å². The zero-order chi connectivity index (χ0) is 16.3. The predicted octanol–water partition coefficient (Wildman–Crippen LogP) is 3.04. The summed E-state index contributed by atoms with van der Waals surface area (Å²) in [6.45, 7) is 4.10. The quantitative estimate of drug-likeness (QED) is 0.654. The summed E-state index contributed by atoms with van der Waals surface area (Å²) in [6.07, 6.45) is 1.73. The number of unbranched alkanes of at least 4 members (excludes halogenated alkanes) is 1. The minimum absolute atomic E-state index is 0.0523. The predicted molar refractivity (Wildman–Crippen MR) is 85.9 cm³/mol. The molecule has 2 aromatic carbocycles. The standard InChI is InChI=1S/C16H15ClN2O3/c1-3-4-7-22-16-13(14(20)15(16)21)19-11-6-5-10(8-18)9(2)12(11)17/h5-6,19H,3-4,7H2,1-2H3. The summed E-state index contributed by atoms with van der Waals surface area (Å²) in [5, 5.41) is 12.1. The van der Waals surface area contributed by atoms with Crippen LogP contribution in [0.1, 0.15) is 30.9 Å². The summed E-state index contributed by atoms with van der Waals surface area (Å²) in [5.74, 6) is 0.0523. The number of hydrogen-bond donors (Lipinski definition) is 1. The molecule has 0 saturated heterocycles. The molecule has 0 fully saturated rings. The van der Waals surface area contributed by atoms with Gasteiger partial charge in [-0.05, 0) is 31.0 Å². The first-order valence-corrected chi connectivity index (χ1v) is 7.31. The van der Waals surface area contributed by atoms with Crippen LogP contribution >= 0.6 is 11.6 Å². The van der Waals surface area contributed by atoms with Crippen molar-refractivity contribution in [2.24, 2.45) is 0 Å². The SMILES string of the molecule is CCCCOc1c(Nc2ccc(C#N)c(C)c2Cl)c(=O)c1=O. The molecule has 0 aromatic heterocycles. The summed E-state index contributed by atoms with van der Waals surface area (Å²) < 4.78 is 5.35. The Morgan fingerprint density at radius 2 is 2.05 bits per heavy atom. The molecular formula is C16H15ClN2O3. The fraction of sp³-hybridized carbons (Fsp3) is 0.312. The van der Waals surface area contributed by atoms with E-state index in [-0.39, 0.29) is 11.4 Å². The number of nitrogens with zero attached hydrogens (tertiary/aromatic N) is 1. The molecular weight excluding hydrogens is 304 g/mol. The average molecular weight is 319 g/mol. The van der Waals surface area contributed by atoms with Crippen LogP contribution in [0.15, 0.2) is 21.7 Å². The van der Waals surface area contributed by atoms with E-state index in [1.54, 1.807) is 19.1 Å². The van der Waals surface area contributed by atoms with E-state index < -0.39 is 10.9 Å². The third kappa shape index (κ3) is 2.83. The van der Waals surface area contributed by atoms with Gasteiger partial charge in [-0.1, -0.05) is 24.9 Å². The molecule has 22 heavy (non-hydrogen) atoms. The Kier molecular flexibility index (Phi) is 4.84. The molecule has 0 heterocycles. The molecule has 0 amide bonds. The van der Waals surface area contributed by atoms with Crippen LogP contribution in [0, 0.1) is 18.3 Å². The van der Waals surface area contributed by atoms with Crippen molar-refractivity contribution >= 4 is 23.0 Å². The lowest BCUT2D eigenvalue weighted by molar-refractivity contribution is 0.305. The van der Waals surface area contributed by atoms with Gasteiger partial charge in [0, 0.05) is 0 Å². The molecule has 0 aliphatic heterocycles. The van der Waals surface area contributed by atoms with Gasteiger partial charge in [0.05, 0.1) is 28.9 Å². The molecule has 0 aliphatic carbocycles. The van der Waals surface area contributed by atoms with Crippen molar-refractivity contribution in [3.63, 3.8) is 0 Å². The van der Waals surface area contributed by atoms with Gasteiger partial charge in [-0.3, -0.25) is 9.59 Å². The highest BCUT2D eigenvalue weighted by molar-refractivity contribution is 6.34. The fourth-order valence-electron chi connectivity index (χ4n) is 1.98. The van der Waals surface area contributed by atoms with E-state index >= 15 is 0 Å². The number of nitriles is 1. The van der Waals surface area contributed by atoms with Gasteiger partial charge in [-0.25, -0.2) is 0 Å². The van der Waals surface area contributed by atoms with Gasteiger partial charge in [-0.15, -0.1) is 0 Å². The van der Waals surface area contributed by atoms with Crippen LogP contribution in [-0.2, 0) is 0 Å². The molecule has 0 bridgehead atoms. The van der Waals surface area contributed by atoms with Crippen molar-refractivity contribution in [1.82, 2.24) is 0 Å². The van der Waals surface area contributed by atoms with E-state index in [0.29, 0.717) is 28.4 Å². The minimum atomic E-state index is -0.625. The summed E-state index contributed by atoms with van der Waals surface area (Å²) in [7, 11) is 0. The third-order valence-corrected chi connectivity index (χ3v) is 3.86. The van der Waals surface area contributed by atoms with Crippen molar-refractivity contribution in [2.75, 3.05) is 11.9 Å². The zero-order valence-electron chi connectivity index (χ0n) is 12.3. The van der Waals surface area contributed by atoms with E-state index in [1.807, 2.05) is 13.0 Å². The van der Waals surface area contributed by atoms with Crippen molar-refractivity contribution in [3.8, 4) is 11.8 Å². The number of benzene rings is 1. The average Bonchev–Trinajstić information content (AvgIpc) is 2.53. The Balaban J connectivity index is 2.28. The highest BCUT2D eigenvalue weighted by Crippen LogP contribution is 2.32. The maximum Gasteiger partial charge on any atom is 0.272 e.